The van der Waals surface area contributed by atoms with Gasteiger partial charge in [0.2, 0.25) is 0 Å². The highest BCUT2D eigenvalue weighted by atomic mass is 79.9. The number of hydrogen-bond acceptors (Lipinski definition) is 4. The summed E-state index contributed by atoms with van der Waals surface area (Å²) in [5.41, 5.74) is 3.35. The number of halogens is 1. The molecule has 148 valence electrons. The Labute approximate surface area is 187 Å². The van der Waals surface area contributed by atoms with Crippen LogP contribution in [0.5, 0.6) is 0 Å². The highest BCUT2D eigenvalue weighted by Crippen LogP contribution is 2.35. The van der Waals surface area contributed by atoms with Crippen LogP contribution < -0.4 is 0 Å². The van der Waals surface area contributed by atoms with Crippen LogP contribution in [0.25, 0.3) is 17.0 Å². The highest BCUT2D eigenvalue weighted by Gasteiger charge is 2.31. The molecule has 2 heterocycles. The molecule has 1 aromatic heterocycles. The van der Waals surface area contributed by atoms with Gasteiger partial charge >= 0.3 is 0 Å². The van der Waals surface area contributed by atoms with Crippen molar-refractivity contribution in [2.75, 3.05) is 20.3 Å². The van der Waals surface area contributed by atoms with E-state index in [1.807, 2.05) is 30.3 Å². The first-order valence-corrected chi connectivity index (χ1v) is 11.1. The van der Waals surface area contributed by atoms with E-state index in [2.05, 4.69) is 51.0 Å². The molecule has 3 aromatic rings. The van der Waals surface area contributed by atoms with Gasteiger partial charge < -0.3 is 9.30 Å². The Hall–Kier alpha value is -1.93. The van der Waals surface area contributed by atoms with E-state index < -0.39 is 0 Å². The number of carbonyl (C=O) groups excluding carboxylic acids is 1. The Morgan fingerprint density at radius 2 is 2.00 bits per heavy atom. The second-order valence-corrected chi connectivity index (χ2v) is 9.28. The van der Waals surface area contributed by atoms with Gasteiger partial charge in [-0.3, -0.25) is 9.69 Å². The van der Waals surface area contributed by atoms with Crippen molar-refractivity contribution in [3.63, 3.8) is 0 Å². The molecule has 1 amide bonds. The summed E-state index contributed by atoms with van der Waals surface area (Å²) in [5, 5.41) is 1.09. The molecule has 2 aromatic carbocycles. The minimum Gasteiger partial charge on any atom is -0.383 e. The number of fused-ring (bicyclic) bond motifs is 1. The van der Waals surface area contributed by atoms with Crippen LogP contribution in [-0.2, 0) is 16.1 Å². The van der Waals surface area contributed by atoms with E-state index in [0.717, 1.165) is 27.5 Å². The number of hydrogen-bond donors (Lipinski definition) is 0. The molecule has 1 aliphatic rings. The first-order valence-electron chi connectivity index (χ1n) is 9.13. The zero-order chi connectivity index (χ0) is 20.4. The number of methoxy groups -OCH3 is 1. The fourth-order valence-corrected chi connectivity index (χ4v) is 5.00. The van der Waals surface area contributed by atoms with Crippen LogP contribution >= 0.6 is 39.9 Å². The van der Waals surface area contributed by atoms with E-state index in [-0.39, 0.29) is 5.91 Å². The zero-order valence-corrected chi connectivity index (χ0v) is 19.0. The van der Waals surface area contributed by atoms with Gasteiger partial charge in [-0.05, 0) is 29.8 Å². The second kappa shape index (κ2) is 8.83. The number of aromatic nitrogens is 1. The third-order valence-corrected chi connectivity index (χ3v) is 6.62. The van der Waals surface area contributed by atoms with Crippen molar-refractivity contribution in [3.05, 3.63) is 75.2 Å². The molecule has 0 radical (unpaired) electrons. The van der Waals surface area contributed by atoms with Gasteiger partial charge in [0.05, 0.1) is 18.1 Å². The maximum Gasteiger partial charge on any atom is 0.266 e. The molecular weight excluding hydrogens is 468 g/mol. The Balaban J connectivity index is 1.72. The molecule has 1 aliphatic heterocycles. The minimum absolute atomic E-state index is 0.0593. The summed E-state index contributed by atoms with van der Waals surface area (Å²) in [5.74, 6) is -0.0593. The average molecular weight is 487 g/mol. The van der Waals surface area contributed by atoms with Gasteiger partial charge in [-0.1, -0.05) is 70.2 Å². The predicted molar refractivity (Wildman–Crippen MR) is 127 cm³/mol. The summed E-state index contributed by atoms with van der Waals surface area (Å²) in [6.45, 7) is 1.70. The first-order chi connectivity index (χ1) is 14.1. The van der Waals surface area contributed by atoms with Crippen molar-refractivity contribution in [2.45, 2.75) is 6.54 Å². The van der Waals surface area contributed by atoms with Crippen molar-refractivity contribution < 1.29 is 9.53 Å². The summed E-state index contributed by atoms with van der Waals surface area (Å²) in [4.78, 5) is 15.1. The monoisotopic (exact) mass is 486 g/mol. The van der Waals surface area contributed by atoms with Crippen LogP contribution in [0, 0.1) is 0 Å². The minimum atomic E-state index is -0.0593. The van der Waals surface area contributed by atoms with Gasteiger partial charge in [-0.25, -0.2) is 0 Å². The topological polar surface area (TPSA) is 34.5 Å². The molecule has 0 saturated carbocycles. The smallest absolute Gasteiger partial charge is 0.266 e. The molecule has 0 unspecified atom stereocenters. The molecule has 0 aliphatic carbocycles. The van der Waals surface area contributed by atoms with Crippen LogP contribution in [0.15, 0.2) is 64.1 Å². The second-order valence-electron chi connectivity index (χ2n) is 6.69. The number of carbonyl (C=O) groups is 1. The third-order valence-electron chi connectivity index (χ3n) is 4.75. The molecule has 1 saturated heterocycles. The van der Waals surface area contributed by atoms with E-state index in [4.69, 9.17) is 17.0 Å². The summed E-state index contributed by atoms with van der Waals surface area (Å²) >= 11 is 10.3. The number of amides is 1. The number of rotatable bonds is 6. The van der Waals surface area contributed by atoms with E-state index in [0.29, 0.717) is 22.4 Å². The molecule has 4 nitrogen and oxygen atoms in total. The Morgan fingerprint density at radius 3 is 2.76 bits per heavy atom. The van der Waals surface area contributed by atoms with Crippen molar-refractivity contribution in [1.29, 1.82) is 0 Å². The number of ether oxygens (including phenoxy) is 1. The standard InChI is InChI=1S/C22H19BrN2O2S2/c1-27-10-9-25-21(26)20(29-22(25)28)11-16-14-24(13-15-5-3-2-4-6-15)19-8-7-17(23)12-18(16)19/h2-8,11-12,14H,9-10,13H2,1H3/b20-11-. The van der Waals surface area contributed by atoms with Gasteiger partial charge in [-0.2, -0.15) is 0 Å². The van der Waals surface area contributed by atoms with Gasteiger partial charge in [0.15, 0.2) is 0 Å². The molecular formula is C22H19BrN2O2S2. The van der Waals surface area contributed by atoms with Crippen molar-refractivity contribution in [3.8, 4) is 0 Å². The van der Waals surface area contributed by atoms with Gasteiger partial charge in [-0.15, -0.1) is 0 Å². The highest BCUT2D eigenvalue weighted by molar-refractivity contribution is 9.10. The van der Waals surface area contributed by atoms with Crippen LogP contribution in [-0.4, -0.2) is 40.0 Å². The summed E-state index contributed by atoms with van der Waals surface area (Å²) < 4.78 is 8.89. The SMILES string of the molecule is COCCN1C(=O)/C(=C/c2cn(Cc3ccccc3)c3ccc(Br)cc23)SC1=S. The molecule has 0 N–H and O–H groups in total. The number of thioether (sulfide) groups is 1. The zero-order valence-electron chi connectivity index (χ0n) is 15.8. The van der Waals surface area contributed by atoms with Crippen molar-refractivity contribution in [2.24, 2.45) is 0 Å². The van der Waals surface area contributed by atoms with E-state index >= 15 is 0 Å². The molecule has 29 heavy (non-hydrogen) atoms. The van der Waals surface area contributed by atoms with Crippen LogP contribution in [0.1, 0.15) is 11.1 Å². The van der Waals surface area contributed by atoms with E-state index in [1.165, 1.54) is 17.3 Å². The van der Waals surface area contributed by atoms with E-state index in [9.17, 15) is 4.79 Å². The normalized spacial score (nSPS) is 15.8. The van der Waals surface area contributed by atoms with Crippen LogP contribution in [0.3, 0.4) is 0 Å². The third kappa shape index (κ3) is 4.33. The molecule has 1 fully saturated rings. The lowest BCUT2D eigenvalue weighted by Crippen LogP contribution is -2.31. The fraction of sp³-hybridized carbons (Fsp3) is 0.182. The number of thiocarbonyl (C=S) groups is 1. The first kappa shape index (κ1) is 20.3. The maximum atomic E-state index is 12.8. The average Bonchev–Trinajstić information content (AvgIpc) is 3.18. The van der Waals surface area contributed by atoms with Gasteiger partial charge in [0, 0.05) is 40.8 Å². The number of nitrogens with zero attached hydrogens (tertiary/aromatic N) is 2. The molecule has 0 bridgehead atoms. The fourth-order valence-electron chi connectivity index (χ4n) is 3.34. The molecule has 0 spiro atoms. The summed E-state index contributed by atoms with van der Waals surface area (Å²) in [6, 6.07) is 16.6. The van der Waals surface area contributed by atoms with E-state index in [1.54, 1.807) is 12.0 Å². The lowest BCUT2D eigenvalue weighted by atomic mass is 10.1. The number of benzene rings is 2. The van der Waals surface area contributed by atoms with Gasteiger partial charge in [0.1, 0.15) is 4.32 Å². The summed E-state index contributed by atoms with van der Waals surface area (Å²) in [7, 11) is 1.62. The Morgan fingerprint density at radius 1 is 1.21 bits per heavy atom. The lowest BCUT2D eigenvalue weighted by Gasteiger charge is -2.12. The largest absolute Gasteiger partial charge is 0.383 e. The van der Waals surface area contributed by atoms with Crippen LogP contribution in [0.4, 0.5) is 0 Å². The molecule has 7 heteroatoms. The summed E-state index contributed by atoms with van der Waals surface area (Å²) in [6.07, 6.45) is 4.05. The van der Waals surface area contributed by atoms with Crippen molar-refractivity contribution >= 4 is 67.1 Å². The van der Waals surface area contributed by atoms with Crippen LogP contribution in [0.2, 0.25) is 0 Å². The predicted octanol–water partition coefficient (Wildman–Crippen LogP) is 5.30. The molecule has 0 atom stereocenters. The lowest BCUT2D eigenvalue weighted by molar-refractivity contribution is -0.122. The Bertz CT molecular complexity index is 1110. The maximum absolute atomic E-state index is 12.8. The quantitative estimate of drug-likeness (QED) is 0.349. The Kier molecular flexibility index (Phi) is 6.20. The van der Waals surface area contributed by atoms with Gasteiger partial charge in [0.25, 0.3) is 5.91 Å². The van der Waals surface area contributed by atoms with Crippen molar-refractivity contribution in [1.82, 2.24) is 9.47 Å². The molecule has 4 rings (SSSR count).